The maximum atomic E-state index is 13.8. The van der Waals surface area contributed by atoms with Gasteiger partial charge in [-0.3, -0.25) is 13.9 Å². The van der Waals surface area contributed by atoms with E-state index in [1.807, 2.05) is 45.0 Å². The number of anilines is 1. The molecule has 0 fully saturated rings. The molecular weight excluding hydrogens is 482 g/mol. The molecule has 10 heteroatoms. The van der Waals surface area contributed by atoms with E-state index in [-0.39, 0.29) is 25.0 Å². The minimum atomic E-state index is -3.82. The van der Waals surface area contributed by atoms with Gasteiger partial charge in [-0.25, -0.2) is 8.42 Å². The van der Waals surface area contributed by atoms with E-state index in [9.17, 15) is 18.0 Å². The molecule has 0 unspecified atom stereocenters. The number of nitrogens with one attached hydrogen (secondary N) is 1. The molecular formula is C26H35N3O6S. The molecule has 196 valence electrons. The first kappa shape index (κ1) is 27.3. The quantitative estimate of drug-likeness (QED) is 0.464. The molecule has 2 aromatic rings. The number of hydrogen-bond acceptors (Lipinski definition) is 6. The molecule has 1 N–H and O–H groups in total. The zero-order valence-electron chi connectivity index (χ0n) is 21.3. The minimum absolute atomic E-state index is 0.0491. The topological polar surface area (TPSA) is 105 Å². The number of aryl methyl sites for hydroxylation is 1. The van der Waals surface area contributed by atoms with Crippen molar-refractivity contribution in [2.45, 2.75) is 53.1 Å². The molecule has 0 aromatic heterocycles. The number of amides is 2. The Labute approximate surface area is 213 Å². The van der Waals surface area contributed by atoms with Crippen molar-refractivity contribution in [3.05, 3.63) is 53.6 Å². The highest BCUT2D eigenvalue weighted by molar-refractivity contribution is 7.92. The second kappa shape index (κ2) is 12.1. The second-order valence-electron chi connectivity index (χ2n) is 8.61. The largest absolute Gasteiger partial charge is 0.454 e. The summed E-state index contributed by atoms with van der Waals surface area (Å²) in [5.41, 5.74) is 2.17. The highest BCUT2D eigenvalue weighted by Gasteiger charge is 2.33. The summed E-state index contributed by atoms with van der Waals surface area (Å²) >= 11 is 0. The second-order valence-corrected chi connectivity index (χ2v) is 10.8. The maximum absolute atomic E-state index is 13.8. The summed E-state index contributed by atoms with van der Waals surface area (Å²) in [4.78, 5) is 28.3. The van der Waals surface area contributed by atoms with Crippen LogP contribution in [-0.4, -0.2) is 56.8 Å². The average molecular weight is 518 g/mol. The van der Waals surface area contributed by atoms with E-state index in [0.717, 1.165) is 21.9 Å². The van der Waals surface area contributed by atoms with Crippen LogP contribution in [0.25, 0.3) is 0 Å². The highest BCUT2D eigenvalue weighted by atomic mass is 32.2. The molecule has 0 radical (unpaired) electrons. The van der Waals surface area contributed by atoms with E-state index < -0.39 is 28.5 Å². The fourth-order valence-corrected chi connectivity index (χ4v) is 5.07. The summed E-state index contributed by atoms with van der Waals surface area (Å²) in [5, 5.41) is 2.88. The van der Waals surface area contributed by atoms with E-state index in [2.05, 4.69) is 5.32 Å². The normalized spacial score (nSPS) is 13.2. The van der Waals surface area contributed by atoms with Crippen LogP contribution < -0.4 is 19.1 Å². The first-order valence-electron chi connectivity index (χ1n) is 12.2. The molecule has 9 nitrogen and oxygen atoms in total. The molecule has 0 bridgehead atoms. The average Bonchev–Trinajstić information content (AvgIpc) is 3.34. The lowest BCUT2D eigenvalue weighted by Crippen LogP contribution is -2.52. The number of sulfonamides is 1. The number of hydrogen-bond donors (Lipinski definition) is 1. The van der Waals surface area contributed by atoms with Gasteiger partial charge in [-0.05, 0) is 49.9 Å². The molecule has 0 spiro atoms. The Morgan fingerprint density at radius 3 is 2.44 bits per heavy atom. The van der Waals surface area contributed by atoms with Gasteiger partial charge in [0, 0.05) is 19.2 Å². The maximum Gasteiger partial charge on any atom is 0.244 e. The first-order chi connectivity index (χ1) is 17.2. The molecule has 3 rings (SSSR count). The number of nitrogens with zero attached hydrogens (tertiary/aromatic N) is 2. The fraction of sp³-hybridized carbons (Fsp3) is 0.462. The summed E-state index contributed by atoms with van der Waals surface area (Å²) in [6.07, 6.45) is 1.15. The van der Waals surface area contributed by atoms with E-state index >= 15 is 0 Å². The molecule has 0 saturated carbocycles. The molecule has 1 heterocycles. The van der Waals surface area contributed by atoms with Crippen LogP contribution in [0, 0.1) is 6.92 Å². The molecule has 1 atom stereocenters. The molecule has 1 aliphatic rings. The van der Waals surface area contributed by atoms with Gasteiger partial charge in [0.15, 0.2) is 11.5 Å². The van der Waals surface area contributed by atoms with Crippen LogP contribution in [0.15, 0.2) is 42.5 Å². The van der Waals surface area contributed by atoms with Gasteiger partial charge in [0.1, 0.15) is 12.6 Å². The van der Waals surface area contributed by atoms with Crippen molar-refractivity contribution in [2.75, 3.05) is 29.9 Å². The van der Waals surface area contributed by atoms with Crippen LogP contribution in [0.3, 0.4) is 0 Å². The van der Waals surface area contributed by atoms with Crippen molar-refractivity contribution in [3.8, 4) is 11.5 Å². The summed E-state index contributed by atoms with van der Waals surface area (Å²) in [6.45, 7) is 7.55. The van der Waals surface area contributed by atoms with Crippen LogP contribution in [0.2, 0.25) is 0 Å². The number of benzene rings is 2. The van der Waals surface area contributed by atoms with Crippen molar-refractivity contribution < 1.29 is 27.5 Å². The van der Waals surface area contributed by atoms with E-state index in [1.54, 1.807) is 18.2 Å². The van der Waals surface area contributed by atoms with Gasteiger partial charge in [0.05, 0.1) is 11.4 Å². The van der Waals surface area contributed by atoms with Crippen molar-refractivity contribution >= 4 is 27.5 Å². The molecule has 2 amide bonds. The smallest absolute Gasteiger partial charge is 0.244 e. The van der Waals surface area contributed by atoms with E-state index in [1.165, 1.54) is 11.8 Å². The van der Waals surface area contributed by atoms with Gasteiger partial charge in [-0.15, -0.1) is 0 Å². The van der Waals surface area contributed by atoms with Crippen LogP contribution in [0.4, 0.5) is 5.69 Å². The standard InChI is InChI=1S/C26H35N3O6S/c1-5-14-27-26(31)22(6-2)28(16-20-11-9-8-10-19(20)4)25(30)17-29(36(32,33)7-3)21-12-13-23-24(15-21)35-18-34-23/h8-13,15,22H,5-7,14,16-18H2,1-4H3,(H,27,31)/t22-/m0/s1. The molecule has 36 heavy (non-hydrogen) atoms. The Hall–Kier alpha value is -3.27. The predicted molar refractivity (Wildman–Crippen MR) is 138 cm³/mol. The van der Waals surface area contributed by atoms with Crippen molar-refractivity contribution in [1.82, 2.24) is 10.2 Å². The van der Waals surface area contributed by atoms with E-state index in [0.29, 0.717) is 30.2 Å². The molecule has 2 aromatic carbocycles. The summed E-state index contributed by atoms with van der Waals surface area (Å²) in [6, 6.07) is 11.7. The van der Waals surface area contributed by atoms with Gasteiger partial charge in [0.25, 0.3) is 0 Å². The third-order valence-electron chi connectivity index (χ3n) is 6.16. The fourth-order valence-electron chi connectivity index (χ4n) is 4.02. The van der Waals surface area contributed by atoms with E-state index in [4.69, 9.17) is 9.47 Å². The number of carbonyl (C=O) groups excluding carboxylic acids is 2. The number of carbonyl (C=O) groups is 2. The number of rotatable bonds is 12. The van der Waals surface area contributed by atoms with Gasteiger partial charge in [-0.2, -0.15) is 0 Å². The first-order valence-corrected chi connectivity index (χ1v) is 13.8. The lowest BCUT2D eigenvalue weighted by Gasteiger charge is -2.33. The summed E-state index contributed by atoms with van der Waals surface area (Å²) in [7, 11) is -3.82. The summed E-state index contributed by atoms with van der Waals surface area (Å²) in [5.74, 6) is 0.0126. The van der Waals surface area contributed by atoms with Crippen LogP contribution in [0.5, 0.6) is 11.5 Å². The van der Waals surface area contributed by atoms with Gasteiger partial charge >= 0.3 is 0 Å². The van der Waals surface area contributed by atoms with Gasteiger partial charge < -0.3 is 19.7 Å². The third-order valence-corrected chi connectivity index (χ3v) is 7.90. The SMILES string of the molecule is CCCNC(=O)[C@H](CC)N(Cc1ccccc1C)C(=O)CN(c1ccc2c(c1)OCO2)S(=O)(=O)CC. The zero-order valence-corrected chi connectivity index (χ0v) is 22.1. The molecule has 0 saturated heterocycles. The van der Waals surface area contributed by atoms with Crippen LogP contribution in [-0.2, 0) is 26.2 Å². The Morgan fingerprint density at radius 2 is 1.78 bits per heavy atom. The molecule has 0 aliphatic carbocycles. The predicted octanol–water partition coefficient (Wildman–Crippen LogP) is 3.21. The van der Waals surface area contributed by atoms with Crippen molar-refractivity contribution in [3.63, 3.8) is 0 Å². The van der Waals surface area contributed by atoms with Crippen LogP contribution in [0.1, 0.15) is 44.7 Å². The van der Waals surface area contributed by atoms with Gasteiger partial charge in [0.2, 0.25) is 28.6 Å². The lowest BCUT2D eigenvalue weighted by atomic mass is 10.1. The van der Waals surface area contributed by atoms with Crippen LogP contribution >= 0.6 is 0 Å². The lowest BCUT2D eigenvalue weighted by molar-refractivity contribution is -0.140. The Morgan fingerprint density at radius 1 is 1.06 bits per heavy atom. The zero-order chi connectivity index (χ0) is 26.3. The Kier molecular flexibility index (Phi) is 9.19. The van der Waals surface area contributed by atoms with Crippen molar-refractivity contribution in [1.29, 1.82) is 0 Å². The van der Waals surface area contributed by atoms with Crippen molar-refractivity contribution in [2.24, 2.45) is 0 Å². The number of fused-ring (bicyclic) bond motifs is 1. The summed E-state index contributed by atoms with van der Waals surface area (Å²) < 4.78 is 38.0. The monoisotopic (exact) mass is 517 g/mol. The number of ether oxygens (including phenoxy) is 2. The Bertz CT molecular complexity index is 1180. The minimum Gasteiger partial charge on any atom is -0.454 e. The Balaban J connectivity index is 1.97. The third kappa shape index (κ3) is 6.29. The molecule has 1 aliphatic heterocycles. The van der Waals surface area contributed by atoms with Gasteiger partial charge in [-0.1, -0.05) is 38.1 Å². The highest BCUT2D eigenvalue weighted by Crippen LogP contribution is 2.36.